The first-order valence-corrected chi connectivity index (χ1v) is 18.8. The Bertz CT molecular complexity index is 1280. The normalized spacial score (nSPS) is 13.1. The summed E-state index contributed by atoms with van der Waals surface area (Å²) in [6, 6.07) is 9.85. The molecular formula is C33H51NO5S2. The van der Waals surface area contributed by atoms with Crippen LogP contribution in [0.25, 0.3) is 11.1 Å². The molecule has 0 bridgehead atoms. The minimum absolute atomic E-state index is 0.140. The molecule has 230 valence electrons. The Balaban J connectivity index is 1.65. The number of unbranched alkanes of at least 4 members (excludes halogenated alkanes) is 14. The standard InChI is InChI=1S/C33H51NO5S2/c1-3-5-7-9-11-13-15-17-23-34(24-18-16-14-12-10-8-6-4-2)40(35,36)30-19-21-32-28(26-30)25-29-27-31(41(37,38)39)20-22-33(29)32/h19-22,26-27H,3-18,23-25H2,1-2H3,(H,37,38,39). The first kappa shape index (κ1) is 33.8. The van der Waals surface area contributed by atoms with Crippen molar-refractivity contribution in [3.05, 3.63) is 47.5 Å². The van der Waals surface area contributed by atoms with Crippen LogP contribution in [0.5, 0.6) is 0 Å². The third-order valence-electron chi connectivity index (χ3n) is 8.28. The lowest BCUT2D eigenvalue weighted by Crippen LogP contribution is -2.33. The smallest absolute Gasteiger partial charge is 0.282 e. The van der Waals surface area contributed by atoms with Crippen LogP contribution in [0.3, 0.4) is 0 Å². The van der Waals surface area contributed by atoms with Crippen molar-refractivity contribution in [3.63, 3.8) is 0 Å². The van der Waals surface area contributed by atoms with E-state index >= 15 is 0 Å². The fraction of sp³-hybridized carbons (Fsp3) is 0.636. The van der Waals surface area contributed by atoms with Gasteiger partial charge in [0.15, 0.2) is 0 Å². The zero-order valence-corrected chi connectivity index (χ0v) is 26.9. The minimum atomic E-state index is -4.30. The summed E-state index contributed by atoms with van der Waals surface area (Å²) in [4.78, 5) is 0.164. The van der Waals surface area contributed by atoms with Gasteiger partial charge in [0.2, 0.25) is 10.0 Å². The van der Waals surface area contributed by atoms with Gasteiger partial charge in [-0.25, -0.2) is 8.42 Å². The molecule has 1 aliphatic carbocycles. The first-order valence-electron chi connectivity index (χ1n) is 15.9. The molecule has 0 unspecified atom stereocenters. The number of nitrogens with zero attached hydrogens (tertiary/aromatic N) is 1. The summed E-state index contributed by atoms with van der Waals surface area (Å²) in [6.07, 6.45) is 19.2. The molecule has 0 spiro atoms. The van der Waals surface area contributed by atoms with Crippen molar-refractivity contribution in [2.75, 3.05) is 13.1 Å². The SMILES string of the molecule is CCCCCCCCCCN(CCCCCCCCCC)S(=O)(=O)c1ccc2c(c1)Cc1cc(S(=O)(=O)O)ccc1-2. The summed E-state index contributed by atoms with van der Waals surface area (Å²) >= 11 is 0. The van der Waals surface area contributed by atoms with Gasteiger partial charge in [0.25, 0.3) is 10.1 Å². The van der Waals surface area contributed by atoms with E-state index in [9.17, 15) is 21.4 Å². The highest BCUT2D eigenvalue weighted by atomic mass is 32.2. The predicted octanol–water partition coefficient (Wildman–Crippen LogP) is 8.78. The Hall–Kier alpha value is -1.74. The van der Waals surface area contributed by atoms with Gasteiger partial charge in [-0.15, -0.1) is 0 Å². The molecule has 41 heavy (non-hydrogen) atoms. The molecule has 0 saturated heterocycles. The molecule has 0 saturated carbocycles. The van der Waals surface area contributed by atoms with Crippen LogP contribution >= 0.6 is 0 Å². The molecule has 0 amide bonds. The van der Waals surface area contributed by atoms with Crippen LogP contribution < -0.4 is 0 Å². The van der Waals surface area contributed by atoms with Crippen molar-refractivity contribution in [1.82, 2.24) is 4.31 Å². The van der Waals surface area contributed by atoms with E-state index in [1.807, 2.05) is 6.07 Å². The molecule has 0 atom stereocenters. The van der Waals surface area contributed by atoms with Crippen molar-refractivity contribution in [2.45, 2.75) is 133 Å². The van der Waals surface area contributed by atoms with Crippen molar-refractivity contribution in [3.8, 4) is 11.1 Å². The molecule has 0 heterocycles. The van der Waals surface area contributed by atoms with Crippen molar-refractivity contribution in [1.29, 1.82) is 0 Å². The third-order valence-corrected chi connectivity index (χ3v) is 11.0. The Labute approximate surface area is 249 Å². The van der Waals surface area contributed by atoms with E-state index in [-0.39, 0.29) is 4.90 Å². The van der Waals surface area contributed by atoms with E-state index in [0.717, 1.165) is 60.8 Å². The van der Waals surface area contributed by atoms with Crippen LogP contribution in [-0.4, -0.2) is 38.8 Å². The van der Waals surface area contributed by atoms with E-state index in [1.54, 1.807) is 22.5 Å². The molecule has 3 rings (SSSR count). The highest BCUT2D eigenvalue weighted by Crippen LogP contribution is 2.39. The summed E-state index contributed by atoms with van der Waals surface area (Å²) in [5.74, 6) is 0. The second-order valence-electron chi connectivity index (χ2n) is 11.6. The van der Waals surface area contributed by atoms with Gasteiger partial charge >= 0.3 is 0 Å². The summed E-state index contributed by atoms with van der Waals surface area (Å²) in [6.45, 7) is 5.54. The molecule has 2 aromatic carbocycles. The van der Waals surface area contributed by atoms with E-state index < -0.39 is 20.1 Å². The minimum Gasteiger partial charge on any atom is -0.282 e. The lowest BCUT2D eigenvalue weighted by Gasteiger charge is -2.23. The first-order chi connectivity index (χ1) is 19.7. The second kappa shape index (κ2) is 16.8. The second-order valence-corrected chi connectivity index (χ2v) is 15.0. The fourth-order valence-electron chi connectivity index (χ4n) is 5.83. The number of fused-ring (bicyclic) bond motifs is 3. The topological polar surface area (TPSA) is 91.8 Å². The lowest BCUT2D eigenvalue weighted by molar-refractivity contribution is 0.383. The zero-order valence-electron chi connectivity index (χ0n) is 25.2. The number of benzene rings is 2. The highest BCUT2D eigenvalue weighted by Gasteiger charge is 2.27. The largest absolute Gasteiger partial charge is 0.294 e. The van der Waals surface area contributed by atoms with Crippen molar-refractivity contribution < 1.29 is 21.4 Å². The molecular weight excluding hydrogens is 554 g/mol. The number of rotatable bonds is 21. The summed E-state index contributed by atoms with van der Waals surface area (Å²) in [7, 11) is -7.95. The molecule has 1 aliphatic rings. The molecule has 0 aromatic heterocycles. The number of hydrogen-bond acceptors (Lipinski definition) is 4. The van der Waals surface area contributed by atoms with Gasteiger partial charge in [0, 0.05) is 13.1 Å². The van der Waals surface area contributed by atoms with Gasteiger partial charge in [0.1, 0.15) is 0 Å². The summed E-state index contributed by atoms with van der Waals surface area (Å²) < 4.78 is 62.1. The van der Waals surface area contributed by atoms with Gasteiger partial charge in [-0.1, -0.05) is 116 Å². The van der Waals surface area contributed by atoms with E-state index in [4.69, 9.17) is 0 Å². The summed E-state index contributed by atoms with van der Waals surface area (Å²) in [5, 5.41) is 0. The molecule has 0 aliphatic heterocycles. The average molecular weight is 606 g/mol. The van der Waals surface area contributed by atoms with Gasteiger partial charge in [-0.05, 0) is 65.8 Å². The van der Waals surface area contributed by atoms with Crippen LogP contribution in [0, 0.1) is 0 Å². The molecule has 2 aromatic rings. The Morgan fingerprint density at radius 3 is 1.41 bits per heavy atom. The molecule has 0 radical (unpaired) electrons. The van der Waals surface area contributed by atoms with Crippen LogP contribution in [0.15, 0.2) is 46.2 Å². The van der Waals surface area contributed by atoms with E-state index in [0.29, 0.717) is 24.4 Å². The molecule has 1 N–H and O–H groups in total. The maximum absolute atomic E-state index is 13.9. The van der Waals surface area contributed by atoms with Gasteiger partial charge < -0.3 is 0 Å². The lowest BCUT2D eigenvalue weighted by atomic mass is 10.1. The third kappa shape index (κ3) is 10.2. The Kier molecular flexibility index (Phi) is 13.8. The van der Waals surface area contributed by atoms with E-state index in [1.165, 1.54) is 76.3 Å². The van der Waals surface area contributed by atoms with Crippen molar-refractivity contribution in [2.24, 2.45) is 0 Å². The van der Waals surface area contributed by atoms with Crippen LogP contribution in [0.1, 0.15) is 128 Å². The zero-order chi connectivity index (χ0) is 29.7. The van der Waals surface area contributed by atoms with E-state index in [2.05, 4.69) is 13.8 Å². The molecule has 8 heteroatoms. The van der Waals surface area contributed by atoms with Gasteiger partial charge in [0.05, 0.1) is 9.79 Å². The van der Waals surface area contributed by atoms with Crippen molar-refractivity contribution >= 4 is 20.1 Å². The number of sulfonamides is 1. The average Bonchev–Trinajstić information content (AvgIpc) is 3.31. The fourth-order valence-corrected chi connectivity index (χ4v) is 7.93. The van der Waals surface area contributed by atoms with Crippen LogP contribution in [-0.2, 0) is 26.6 Å². The predicted molar refractivity (Wildman–Crippen MR) is 168 cm³/mol. The maximum atomic E-state index is 13.9. The monoisotopic (exact) mass is 605 g/mol. The van der Waals surface area contributed by atoms with Crippen LogP contribution in [0.2, 0.25) is 0 Å². The highest BCUT2D eigenvalue weighted by molar-refractivity contribution is 7.89. The quantitative estimate of drug-likeness (QED) is 0.0968. The molecule has 6 nitrogen and oxygen atoms in total. The Morgan fingerprint density at radius 1 is 0.585 bits per heavy atom. The van der Waals surface area contributed by atoms with Crippen LogP contribution in [0.4, 0.5) is 0 Å². The Morgan fingerprint density at radius 2 is 0.976 bits per heavy atom. The molecule has 0 fully saturated rings. The van der Waals surface area contributed by atoms with Gasteiger partial charge in [-0.2, -0.15) is 12.7 Å². The summed E-state index contributed by atoms with van der Waals surface area (Å²) in [5.41, 5.74) is 3.44. The maximum Gasteiger partial charge on any atom is 0.294 e. The van der Waals surface area contributed by atoms with Gasteiger partial charge in [-0.3, -0.25) is 4.55 Å². The number of hydrogen-bond donors (Lipinski definition) is 1.